The largest absolute Gasteiger partial charge is 0.497 e. The lowest BCUT2D eigenvalue weighted by atomic mass is 9.95. The molecule has 0 bridgehead atoms. The van der Waals surface area contributed by atoms with Gasteiger partial charge in [-0.05, 0) is 42.5 Å². The SMILES string of the molecule is COc1ccc([C@@H](NC[C@H]2CCN(S(C)(=O)=O)C2)C(C)C)cc1. The Labute approximate surface area is 140 Å². The molecule has 0 spiro atoms. The van der Waals surface area contributed by atoms with E-state index in [1.807, 2.05) is 12.1 Å². The first-order valence-electron chi connectivity index (χ1n) is 8.13. The fourth-order valence-electron chi connectivity index (χ4n) is 3.11. The van der Waals surface area contributed by atoms with Gasteiger partial charge in [-0.2, -0.15) is 0 Å². The van der Waals surface area contributed by atoms with Crippen LogP contribution in [-0.4, -0.2) is 45.7 Å². The summed E-state index contributed by atoms with van der Waals surface area (Å²) < 4.78 is 30.0. The molecule has 0 saturated carbocycles. The molecule has 1 aliphatic heterocycles. The summed E-state index contributed by atoms with van der Waals surface area (Å²) in [5.41, 5.74) is 1.23. The summed E-state index contributed by atoms with van der Waals surface area (Å²) in [6, 6.07) is 8.40. The molecule has 130 valence electrons. The van der Waals surface area contributed by atoms with E-state index >= 15 is 0 Å². The van der Waals surface area contributed by atoms with Crippen molar-refractivity contribution in [2.24, 2.45) is 11.8 Å². The third-order valence-corrected chi connectivity index (χ3v) is 5.76. The first-order valence-corrected chi connectivity index (χ1v) is 9.98. The highest BCUT2D eigenvalue weighted by molar-refractivity contribution is 7.88. The second-order valence-electron chi connectivity index (χ2n) is 6.68. The van der Waals surface area contributed by atoms with Crippen molar-refractivity contribution in [2.75, 3.05) is 33.0 Å². The van der Waals surface area contributed by atoms with Gasteiger partial charge in [-0.1, -0.05) is 26.0 Å². The number of sulfonamides is 1. The molecule has 6 heteroatoms. The number of benzene rings is 1. The highest BCUT2D eigenvalue weighted by Crippen LogP contribution is 2.25. The number of methoxy groups -OCH3 is 1. The van der Waals surface area contributed by atoms with E-state index in [4.69, 9.17) is 4.74 Å². The second-order valence-corrected chi connectivity index (χ2v) is 8.66. The van der Waals surface area contributed by atoms with Crippen LogP contribution in [0.5, 0.6) is 5.75 Å². The first kappa shape index (κ1) is 18.2. The molecule has 5 nitrogen and oxygen atoms in total. The lowest BCUT2D eigenvalue weighted by molar-refractivity contribution is 0.369. The minimum atomic E-state index is -3.06. The van der Waals surface area contributed by atoms with Crippen LogP contribution in [0.1, 0.15) is 31.9 Å². The molecule has 1 heterocycles. The molecule has 2 rings (SSSR count). The normalized spacial score (nSPS) is 20.8. The molecule has 2 atom stereocenters. The van der Waals surface area contributed by atoms with Gasteiger partial charge in [0.15, 0.2) is 0 Å². The molecular weight excluding hydrogens is 312 g/mol. The summed E-state index contributed by atoms with van der Waals surface area (Å²) in [5, 5.41) is 3.62. The molecule has 0 radical (unpaired) electrons. The van der Waals surface area contributed by atoms with Gasteiger partial charge in [0, 0.05) is 19.1 Å². The van der Waals surface area contributed by atoms with Crippen molar-refractivity contribution in [3.63, 3.8) is 0 Å². The average molecular weight is 340 g/mol. The van der Waals surface area contributed by atoms with Gasteiger partial charge in [0.1, 0.15) is 5.75 Å². The zero-order chi connectivity index (χ0) is 17.0. The van der Waals surface area contributed by atoms with Crippen LogP contribution in [0.4, 0.5) is 0 Å². The Morgan fingerprint density at radius 3 is 2.43 bits per heavy atom. The molecule has 23 heavy (non-hydrogen) atoms. The number of hydrogen-bond donors (Lipinski definition) is 1. The predicted molar refractivity (Wildman–Crippen MR) is 93.1 cm³/mol. The fourth-order valence-corrected chi connectivity index (χ4v) is 4.03. The molecule has 0 unspecified atom stereocenters. The Morgan fingerprint density at radius 2 is 1.96 bits per heavy atom. The topological polar surface area (TPSA) is 58.6 Å². The molecule has 1 N–H and O–H groups in total. The van der Waals surface area contributed by atoms with Crippen LogP contribution >= 0.6 is 0 Å². The maximum Gasteiger partial charge on any atom is 0.211 e. The summed E-state index contributed by atoms with van der Waals surface area (Å²) in [7, 11) is -1.39. The van der Waals surface area contributed by atoms with Crippen LogP contribution in [0.2, 0.25) is 0 Å². The van der Waals surface area contributed by atoms with Gasteiger partial charge < -0.3 is 10.1 Å². The summed E-state index contributed by atoms with van der Waals surface area (Å²) in [4.78, 5) is 0. The third-order valence-electron chi connectivity index (χ3n) is 4.49. The minimum absolute atomic E-state index is 0.258. The van der Waals surface area contributed by atoms with Gasteiger partial charge in [0.05, 0.1) is 13.4 Å². The van der Waals surface area contributed by atoms with E-state index < -0.39 is 10.0 Å². The molecule has 0 amide bonds. The van der Waals surface area contributed by atoms with Gasteiger partial charge in [-0.3, -0.25) is 0 Å². The van der Waals surface area contributed by atoms with E-state index in [-0.39, 0.29) is 6.04 Å². The number of rotatable bonds is 7. The third kappa shape index (κ3) is 4.93. The van der Waals surface area contributed by atoms with Crippen LogP contribution in [0.3, 0.4) is 0 Å². The molecule has 1 aliphatic rings. The van der Waals surface area contributed by atoms with E-state index in [0.29, 0.717) is 24.9 Å². The van der Waals surface area contributed by atoms with Crippen molar-refractivity contribution < 1.29 is 13.2 Å². The minimum Gasteiger partial charge on any atom is -0.497 e. The van der Waals surface area contributed by atoms with Crippen molar-refractivity contribution in [2.45, 2.75) is 26.3 Å². The van der Waals surface area contributed by atoms with Crippen LogP contribution < -0.4 is 10.1 Å². The van der Waals surface area contributed by atoms with Gasteiger partial charge >= 0.3 is 0 Å². The van der Waals surface area contributed by atoms with E-state index in [2.05, 4.69) is 31.3 Å². The maximum atomic E-state index is 11.6. The lowest BCUT2D eigenvalue weighted by Crippen LogP contribution is -2.33. The monoisotopic (exact) mass is 340 g/mol. The Morgan fingerprint density at radius 1 is 1.30 bits per heavy atom. The summed E-state index contributed by atoms with van der Waals surface area (Å²) in [6.07, 6.45) is 2.21. The standard InChI is InChI=1S/C17H28N2O3S/c1-13(2)17(15-5-7-16(22-3)8-6-15)18-11-14-9-10-19(12-14)23(4,20)21/h5-8,13-14,17-18H,9-12H2,1-4H3/t14-,17+/m1/s1. The highest BCUT2D eigenvalue weighted by atomic mass is 32.2. The number of nitrogens with zero attached hydrogens (tertiary/aromatic N) is 1. The van der Waals surface area contributed by atoms with E-state index in [1.165, 1.54) is 11.8 Å². The van der Waals surface area contributed by atoms with E-state index in [0.717, 1.165) is 18.7 Å². The highest BCUT2D eigenvalue weighted by Gasteiger charge is 2.29. The fraction of sp³-hybridized carbons (Fsp3) is 0.647. The van der Waals surface area contributed by atoms with Crippen molar-refractivity contribution >= 4 is 10.0 Å². The zero-order valence-electron chi connectivity index (χ0n) is 14.5. The molecule has 0 aromatic heterocycles. The van der Waals surface area contributed by atoms with Crippen LogP contribution in [0.25, 0.3) is 0 Å². The lowest BCUT2D eigenvalue weighted by Gasteiger charge is -2.25. The molecule has 0 aliphatic carbocycles. The van der Waals surface area contributed by atoms with Gasteiger partial charge in [-0.15, -0.1) is 0 Å². The van der Waals surface area contributed by atoms with Gasteiger partial charge in [-0.25, -0.2) is 12.7 Å². The summed E-state index contributed by atoms with van der Waals surface area (Å²) >= 11 is 0. The van der Waals surface area contributed by atoms with E-state index in [1.54, 1.807) is 11.4 Å². The summed E-state index contributed by atoms with van der Waals surface area (Å²) in [6.45, 7) is 6.49. The van der Waals surface area contributed by atoms with Crippen molar-refractivity contribution in [3.8, 4) is 5.75 Å². The smallest absolute Gasteiger partial charge is 0.211 e. The first-order chi connectivity index (χ1) is 10.8. The molecule has 1 fully saturated rings. The quantitative estimate of drug-likeness (QED) is 0.827. The molecule has 1 saturated heterocycles. The molecular formula is C17H28N2O3S. The molecule has 1 aromatic rings. The van der Waals surface area contributed by atoms with Crippen LogP contribution in [0, 0.1) is 11.8 Å². The van der Waals surface area contributed by atoms with Crippen LogP contribution in [-0.2, 0) is 10.0 Å². The maximum absolute atomic E-state index is 11.6. The Balaban J connectivity index is 1.95. The number of ether oxygens (including phenoxy) is 1. The van der Waals surface area contributed by atoms with Gasteiger partial charge in [0.25, 0.3) is 0 Å². The van der Waals surface area contributed by atoms with Crippen LogP contribution in [0.15, 0.2) is 24.3 Å². The van der Waals surface area contributed by atoms with Crippen molar-refractivity contribution in [3.05, 3.63) is 29.8 Å². The van der Waals surface area contributed by atoms with Gasteiger partial charge in [0.2, 0.25) is 10.0 Å². The Kier molecular flexibility index (Phi) is 6.06. The predicted octanol–water partition coefficient (Wildman–Crippen LogP) is 2.26. The second kappa shape index (κ2) is 7.64. The van der Waals surface area contributed by atoms with E-state index in [9.17, 15) is 8.42 Å². The Hall–Kier alpha value is -1.11. The number of hydrogen-bond acceptors (Lipinski definition) is 4. The molecule has 1 aromatic carbocycles. The Bertz CT molecular complexity index is 599. The number of nitrogens with one attached hydrogen (secondary N) is 1. The summed E-state index contributed by atoms with van der Waals surface area (Å²) in [5.74, 6) is 1.69. The zero-order valence-corrected chi connectivity index (χ0v) is 15.3. The van der Waals surface area contributed by atoms with Crippen molar-refractivity contribution in [1.82, 2.24) is 9.62 Å². The average Bonchev–Trinajstić information content (AvgIpc) is 2.97. The van der Waals surface area contributed by atoms with Crippen molar-refractivity contribution in [1.29, 1.82) is 0 Å².